The number of rotatable bonds is 5. The fraction of sp³-hybridized carbons (Fsp3) is 0.571. The lowest BCUT2D eigenvalue weighted by molar-refractivity contribution is 0.219. The number of hydrogen-bond donors (Lipinski definition) is 1. The number of likely N-dealkylation sites (tertiary alicyclic amines) is 1. The first kappa shape index (κ1) is 13.8. The van der Waals surface area contributed by atoms with Crippen LogP contribution in [-0.2, 0) is 0 Å². The third-order valence-electron chi connectivity index (χ3n) is 3.62. The fourth-order valence-electron chi connectivity index (χ4n) is 2.31. The summed E-state index contributed by atoms with van der Waals surface area (Å²) in [6.07, 6.45) is 1.20. The Balaban J connectivity index is 1.72. The maximum atomic E-state index is 5.80. The molecule has 1 aromatic rings. The summed E-state index contributed by atoms with van der Waals surface area (Å²) >= 11 is 3.41. The highest BCUT2D eigenvalue weighted by Gasteiger charge is 2.31. The van der Waals surface area contributed by atoms with E-state index in [9.17, 15) is 0 Å². The number of benzene rings is 1. The van der Waals surface area contributed by atoms with Crippen molar-refractivity contribution < 1.29 is 4.74 Å². The van der Waals surface area contributed by atoms with E-state index in [1.807, 2.05) is 24.3 Å². The van der Waals surface area contributed by atoms with Gasteiger partial charge in [0.2, 0.25) is 0 Å². The van der Waals surface area contributed by atoms with Gasteiger partial charge in [-0.2, -0.15) is 0 Å². The van der Waals surface area contributed by atoms with Gasteiger partial charge in [-0.15, -0.1) is 0 Å². The van der Waals surface area contributed by atoms with E-state index in [0.29, 0.717) is 5.41 Å². The third kappa shape index (κ3) is 3.70. The van der Waals surface area contributed by atoms with Crippen molar-refractivity contribution >= 4 is 15.9 Å². The van der Waals surface area contributed by atoms with Gasteiger partial charge in [-0.1, -0.05) is 22.9 Å². The minimum Gasteiger partial charge on any atom is -0.492 e. The highest BCUT2D eigenvalue weighted by Crippen LogP contribution is 2.28. The number of hydrogen-bond acceptors (Lipinski definition) is 3. The maximum absolute atomic E-state index is 5.80. The van der Waals surface area contributed by atoms with Crippen LogP contribution >= 0.6 is 15.9 Å². The maximum Gasteiger partial charge on any atom is 0.119 e. The molecule has 2 N–H and O–H groups in total. The van der Waals surface area contributed by atoms with Crippen molar-refractivity contribution in [3.8, 4) is 5.75 Å². The molecular formula is C14H21BrN2O. The zero-order chi connectivity index (χ0) is 13.0. The molecule has 1 fully saturated rings. The third-order valence-corrected chi connectivity index (χ3v) is 4.15. The molecule has 3 nitrogen and oxygen atoms in total. The van der Waals surface area contributed by atoms with Crippen molar-refractivity contribution in [1.29, 1.82) is 0 Å². The average Bonchev–Trinajstić information content (AvgIpc) is 2.75. The average molecular weight is 313 g/mol. The molecule has 100 valence electrons. The standard InChI is InChI=1S/C14H21BrN2O/c1-14(10-16)6-7-17(11-14)8-9-18-13-4-2-12(15)3-5-13/h2-5H,6-11,16H2,1H3. The lowest BCUT2D eigenvalue weighted by Gasteiger charge is -2.22. The minimum absolute atomic E-state index is 0.303. The van der Waals surface area contributed by atoms with E-state index in [2.05, 4.69) is 27.8 Å². The second-order valence-corrected chi connectivity index (χ2v) is 6.26. The highest BCUT2D eigenvalue weighted by molar-refractivity contribution is 9.10. The summed E-state index contributed by atoms with van der Waals surface area (Å²) in [7, 11) is 0. The van der Waals surface area contributed by atoms with Gasteiger partial charge < -0.3 is 10.5 Å². The Hall–Kier alpha value is -0.580. The first-order valence-corrected chi connectivity index (χ1v) is 7.21. The topological polar surface area (TPSA) is 38.5 Å². The monoisotopic (exact) mass is 312 g/mol. The van der Waals surface area contributed by atoms with Gasteiger partial charge in [0.05, 0.1) is 0 Å². The summed E-state index contributed by atoms with van der Waals surface area (Å²) in [5.41, 5.74) is 6.10. The molecule has 0 spiro atoms. The summed E-state index contributed by atoms with van der Waals surface area (Å²) in [4.78, 5) is 2.44. The van der Waals surface area contributed by atoms with Crippen LogP contribution in [-0.4, -0.2) is 37.7 Å². The molecule has 1 aliphatic heterocycles. The molecule has 1 aliphatic rings. The Bertz CT molecular complexity index is 382. The summed E-state index contributed by atoms with van der Waals surface area (Å²) in [6, 6.07) is 7.96. The van der Waals surface area contributed by atoms with E-state index in [4.69, 9.17) is 10.5 Å². The van der Waals surface area contributed by atoms with E-state index in [1.54, 1.807) is 0 Å². The van der Waals surface area contributed by atoms with Crippen LogP contribution in [0.2, 0.25) is 0 Å². The first-order chi connectivity index (χ1) is 8.61. The van der Waals surface area contributed by atoms with Gasteiger partial charge in [0.1, 0.15) is 12.4 Å². The van der Waals surface area contributed by atoms with Crippen LogP contribution in [0.5, 0.6) is 5.75 Å². The van der Waals surface area contributed by atoms with Crippen LogP contribution in [0.25, 0.3) is 0 Å². The van der Waals surface area contributed by atoms with Crippen molar-refractivity contribution in [3.05, 3.63) is 28.7 Å². The first-order valence-electron chi connectivity index (χ1n) is 6.42. The summed E-state index contributed by atoms with van der Waals surface area (Å²) in [6.45, 7) is 6.98. The molecule has 0 radical (unpaired) electrons. The van der Waals surface area contributed by atoms with E-state index in [-0.39, 0.29) is 0 Å². The van der Waals surface area contributed by atoms with Crippen LogP contribution in [0.3, 0.4) is 0 Å². The largest absolute Gasteiger partial charge is 0.492 e. The molecule has 0 amide bonds. The molecule has 1 atom stereocenters. The minimum atomic E-state index is 0.303. The van der Waals surface area contributed by atoms with E-state index in [0.717, 1.165) is 43.0 Å². The van der Waals surface area contributed by atoms with E-state index >= 15 is 0 Å². The van der Waals surface area contributed by atoms with Crippen LogP contribution in [0.4, 0.5) is 0 Å². The quantitative estimate of drug-likeness (QED) is 0.908. The molecule has 1 heterocycles. The summed E-state index contributed by atoms with van der Waals surface area (Å²) in [5, 5.41) is 0. The van der Waals surface area contributed by atoms with Gasteiger partial charge in [-0.25, -0.2) is 0 Å². The van der Waals surface area contributed by atoms with Crippen LogP contribution in [0.1, 0.15) is 13.3 Å². The van der Waals surface area contributed by atoms with Crippen molar-refractivity contribution in [2.75, 3.05) is 32.8 Å². The zero-order valence-corrected chi connectivity index (χ0v) is 12.4. The van der Waals surface area contributed by atoms with Crippen LogP contribution in [0, 0.1) is 5.41 Å². The summed E-state index contributed by atoms with van der Waals surface area (Å²) in [5.74, 6) is 0.930. The molecule has 1 saturated heterocycles. The number of nitrogens with zero attached hydrogens (tertiary/aromatic N) is 1. The van der Waals surface area contributed by atoms with Crippen molar-refractivity contribution in [2.24, 2.45) is 11.1 Å². The van der Waals surface area contributed by atoms with Gasteiger partial charge in [-0.05, 0) is 49.2 Å². The van der Waals surface area contributed by atoms with E-state index in [1.165, 1.54) is 6.42 Å². The molecule has 4 heteroatoms. The predicted octanol–water partition coefficient (Wildman–Crippen LogP) is 2.50. The SMILES string of the molecule is CC1(CN)CCN(CCOc2ccc(Br)cc2)C1. The smallest absolute Gasteiger partial charge is 0.119 e. The van der Waals surface area contributed by atoms with E-state index < -0.39 is 0 Å². The number of halogens is 1. The molecule has 0 aliphatic carbocycles. The molecule has 0 saturated carbocycles. The molecule has 18 heavy (non-hydrogen) atoms. The number of nitrogens with two attached hydrogens (primary N) is 1. The second-order valence-electron chi connectivity index (χ2n) is 5.34. The zero-order valence-electron chi connectivity index (χ0n) is 10.9. The predicted molar refractivity (Wildman–Crippen MR) is 77.9 cm³/mol. The van der Waals surface area contributed by atoms with Gasteiger partial charge in [0.25, 0.3) is 0 Å². The Morgan fingerprint density at radius 2 is 2.11 bits per heavy atom. The van der Waals surface area contributed by atoms with Crippen molar-refractivity contribution in [1.82, 2.24) is 4.90 Å². The highest BCUT2D eigenvalue weighted by atomic mass is 79.9. The Kier molecular flexibility index (Phi) is 4.65. The molecule has 0 bridgehead atoms. The summed E-state index contributed by atoms with van der Waals surface area (Å²) < 4.78 is 6.81. The molecule has 0 aromatic heterocycles. The lowest BCUT2D eigenvalue weighted by atomic mass is 9.90. The second kappa shape index (κ2) is 6.04. The Morgan fingerprint density at radius 3 is 2.72 bits per heavy atom. The van der Waals surface area contributed by atoms with Gasteiger partial charge in [0.15, 0.2) is 0 Å². The van der Waals surface area contributed by atoms with Crippen molar-refractivity contribution in [2.45, 2.75) is 13.3 Å². The molecule has 1 unspecified atom stereocenters. The lowest BCUT2D eigenvalue weighted by Crippen LogP contribution is -2.33. The van der Waals surface area contributed by atoms with Gasteiger partial charge in [0, 0.05) is 17.6 Å². The Morgan fingerprint density at radius 1 is 1.39 bits per heavy atom. The van der Waals surface area contributed by atoms with Crippen LogP contribution in [0.15, 0.2) is 28.7 Å². The fourth-order valence-corrected chi connectivity index (χ4v) is 2.57. The van der Waals surface area contributed by atoms with Crippen LogP contribution < -0.4 is 10.5 Å². The van der Waals surface area contributed by atoms with Gasteiger partial charge >= 0.3 is 0 Å². The van der Waals surface area contributed by atoms with Gasteiger partial charge in [-0.3, -0.25) is 4.90 Å². The molecular weight excluding hydrogens is 292 g/mol. The van der Waals surface area contributed by atoms with Crippen molar-refractivity contribution in [3.63, 3.8) is 0 Å². The molecule has 1 aromatic carbocycles. The Labute approximate surface area is 117 Å². The molecule has 2 rings (SSSR count). The normalized spacial score (nSPS) is 24.4. The number of ether oxygens (including phenoxy) is 1.